The minimum atomic E-state index is 0.615. The van der Waals surface area contributed by atoms with Crippen molar-refractivity contribution in [3.8, 4) is 16.5 Å². The molecule has 2 heterocycles. The number of anilines is 1. The van der Waals surface area contributed by atoms with E-state index in [0.717, 1.165) is 10.4 Å². The number of nitrogen functional groups attached to an aromatic ring is 1. The number of nitrogens with two attached hydrogens (primary N) is 1. The van der Waals surface area contributed by atoms with Crippen LogP contribution in [0.5, 0.6) is 0 Å². The maximum atomic E-state index is 8.89. The van der Waals surface area contributed by atoms with Gasteiger partial charge in [-0.15, -0.1) is 22.7 Å². The number of halogens is 1. The lowest BCUT2D eigenvalue weighted by molar-refractivity contribution is 1.50. The summed E-state index contributed by atoms with van der Waals surface area (Å²) in [6, 6.07) is 4.24. The normalized spacial score (nSPS) is 10.2. The van der Waals surface area contributed by atoms with Crippen LogP contribution in [-0.4, -0.2) is 0 Å². The third kappa shape index (κ3) is 1.89. The first-order valence-corrected chi connectivity index (χ1v) is 6.94. The van der Waals surface area contributed by atoms with Crippen LogP contribution in [0, 0.1) is 21.1 Å². The first kappa shape index (κ1) is 10.9. The van der Waals surface area contributed by atoms with Crippen molar-refractivity contribution in [1.82, 2.24) is 0 Å². The van der Waals surface area contributed by atoms with E-state index in [0.29, 0.717) is 10.6 Å². The molecular formula is C10H7IN2S2. The zero-order valence-electron chi connectivity index (χ0n) is 7.87. The Kier molecular flexibility index (Phi) is 3.00. The predicted molar refractivity (Wildman–Crippen MR) is 74.2 cm³/mol. The van der Waals surface area contributed by atoms with E-state index in [4.69, 9.17) is 11.0 Å². The average molecular weight is 346 g/mol. The highest BCUT2D eigenvalue weighted by Crippen LogP contribution is 2.39. The fraction of sp³-hybridized carbons (Fsp3) is 0.100. The lowest BCUT2D eigenvalue weighted by atomic mass is 10.1. The Hall–Kier alpha value is -0.580. The molecule has 0 saturated carbocycles. The highest BCUT2D eigenvalue weighted by Gasteiger charge is 2.14. The second-order valence-corrected chi connectivity index (χ2v) is 6.88. The van der Waals surface area contributed by atoms with Gasteiger partial charge in [0.1, 0.15) is 10.9 Å². The molecule has 0 saturated heterocycles. The molecule has 0 fully saturated rings. The monoisotopic (exact) mass is 346 g/mol. The van der Waals surface area contributed by atoms with Gasteiger partial charge >= 0.3 is 0 Å². The van der Waals surface area contributed by atoms with E-state index < -0.39 is 0 Å². The van der Waals surface area contributed by atoms with Gasteiger partial charge in [0, 0.05) is 15.8 Å². The standard InChI is InChI=1S/C10H7IN2S2/c1-5-9(13)7(3-12)15-10(5)6-2-8(11)14-4-6/h2,4H,13H2,1H3. The molecule has 5 heteroatoms. The van der Waals surface area contributed by atoms with Crippen molar-refractivity contribution < 1.29 is 0 Å². The molecule has 0 unspecified atom stereocenters. The van der Waals surface area contributed by atoms with Gasteiger partial charge in [-0.25, -0.2) is 0 Å². The molecule has 15 heavy (non-hydrogen) atoms. The Morgan fingerprint density at radius 3 is 2.73 bits per heavy atom. The van der Waals surface area contributed by atoms with Gasteiger partial charge in [-0.3, -0.25) is 0 Å². The van der Waals surface area contributed by atoms with Gasteiger partial charge in [0.15, 0.2) is 0 Å². The third-order valence-electron chi connectivity index (χ3n) is 2.12. The molecule has 0 atom stereocenters. The predicted octanol–water partition coefficient (Wildman–Crippen LogP) is 3.84. The second kappa shape index (κ2) is 4.12. The van der Waals surface area contributed by atoms with E-state index in [-0.39, 0.29) is 0 Å². The van der Waals surface area contributed by atoms with Crippen molar-refractivity contribution in [2.24, 2.45) is 0 Å². The second-order valence-electron chi connectivity index (χ2n) is 3.05. The smallest absolute Gasteiger partial charge is 0.128 e. The first-order chi connectivity index (χ1) is 7.13. The molecule has 0 aromatic carbocycles. The molecule has 2 aromatic rings. The highest BCUT2D eigenvalue weighted by atomic mass is 127. The van der Waals surface area contributed by atoms with Gasteiger partial charge < -0.3 is 5.73 Å². The van der Waals surface area contributed by atoms with E-state index in [1.165, 1.54) is 19.8 Å². The van der Waals surface area contributed by atoms with Crippen molar-refractivity contribution in [1.29, 1.82) is 5.26 Å². The maximum absolute atomic E-state index is 8.89. The Morgan fingerprint density at radius 1 is 1.53 bits per heavy atom. The topological polar surface area (TPSA) is 49.8 Å². The Bertz CT molecular complexity index is 548. The summed E-state index contributed by atoms with van der Waals surface area (Å²) in [7, 11) is 0. The first-order valence-electron chi connectivity index (χ1n) is 4.17. The minimum absolute atomic E-state index is 0.615. The molecule has 0 aliphatic rings. The van der Waals surface area contributed by atoms with Crippen LogP contribution in [0.15, 0.2) is 11.4 Å². The Labute approximate surface area is 109 Å². The van der Waals surface area contributed by atoms with Crippen LogP contribution in [0.3, 0.4) is 0 Å². The minimum Gasteiger partial charge on any atom is -0.397 e. The van der Waals surface area contributed by atoms with Gasteiger partial charge in [-0.2, -0.15) is 5.26 Å². The molecule has 0 amide bonds. The average Bonchev–Trinajstić information content (AvgIpc) is 2.74. The summed E-state index contributed by atoms with van der Waals surface area (Å²) < 4.78 is 1.24. The van der Waals surface area contributed by atoms with E-state index in [9.17, 15) is 0 Å². The summed E-state index contributed by atoms with van der Waals surface area (Å²) in [6.07, 6.45) is 0. The Balaban J connectivity index is 2.60. The molecule has 0 aliphatic carbocycles. The number of rotatable bonds is 1. The van der Waals surface area contributed by atoms with Crippen molar-refractivity contribution in [3.63, 3.8) is 0 Å². The van der Waals surface area contributed by atoms with Crippen molar-refractivity contribution >= 4 is 51.0 Å². The van der Waals surface area contributed by atoms with Crippen LogP contribution in [-0.2, 0) is 0 Å². The van der Waals surface area contributed by atoms with E-state index in [1.54, 1.807) is 11.3 Å². The fourth-order valence-corrected chi connectivity index (χ4v) is 3.74. The van der Waals surface area contributed by atoms with Crippen LogP contribution in [0.25, 0.3) is 10.4 Å². The molecule has 76 valence electrons. The fourth-order valence-electron chi connectivity index (χ4n) is 1.31. The van der Waals surface area contributed by atoms with Crippen molar-refractivity contribution in [3.05, 3.63) is 24.8 Å². The molecule has 0 bridgehead atoms. The summed E-state index contributed by atoms with van der Waals surface area (Å²) >= 11 is 5.46. The van der Waals surface area contributed by atoms with Gasteiger partial charge in [0.05, 0.1) is 8.57 Å². The van der Waals surface area contributed by atoms with Crippen LogP contribution in [0.4, 0.5) is 5.69 Å². The summed E-state index contributed by atoms with van der Waals surface area (Å²) in [5, 5.41) is 11.0. The molecule has 2 rings (SSSR count). The molecule has 0 radical (unpaired) electrons. The van der Waals surface area contributed by atoms with Gasteiger partial charge in [-0.1, -0.05) is 0 Å². The summed E-state index contributed by atoms with van der Waals surface area (Å²) in [6.45, 7) is 1.96. The highest BCUT2D eigenvalue weighted by molar-refractivity contribution is 14.1. The number of thiophene rings is 2. The molecule has 0 aliphatic heterocycles. The largest absolute Gasteiger partial charge is 0.397 e. The number of hydrogen-bond acceptors (Lipinski definition) is 4. The Morgan fingerprint density at radius 2 is 2.27 bits per heavy atom. The molecule has 0 spiro atoms. The molecule has 2 nitrogen and oxygen atoms in total. The SMILES string of the molecule is Cc1c(-c2csc(I)c2)sc(C#N)c1N. The summed E-state index contributed by atoms with van der Waals surface area (Å²) in [4.78, 5) is 1.73. The lowest BCUT2D eigenvalue weighted by Gasteiger charge is -1.94. The van der Waals surface area contributed by atoms with E-state index in [1.807, 2.05) is 6.92 Å². The molecule has 2 N–H and O–H groups in total. The summed E-state index contributed by atoms with van der Waals surface area (Å²) in [5.74, 6) is 0. The van der Waals surface area contributed by atoms with E-state index in [2.05, 4.69) is 40.1 Å². The van der Waals surface area contributed by atoms with Gasteiger partial charge in [0.2, 0.25) is 0 Å². The van der Waals surface area contributed by atoms with Crippen molar-refractivity contribution in [2.45, 2.75) is 6.92 Å². The van der Waals surface area contributed by atoms with E-state index >= 15 is 0 Å². The summed E-state index contributed by atoms with van der Waals surface area (Å²) in [5.41, 5.74) is 8.66. The van der Waals surface area contributed by atoms with Crippen LogP contribution in [0.1, 0.15) is 10.4 Å². The maximum Gasteiger partial charge on any atom is 0.128 e. The van der Waals surface area contributed by atoms with Gasteiger partial charge in [-0.05, 0) is 41.1 Å². The lowest BCUT2D eigenvalue weighted by Crippen LogP contribution is -1.86. The number of nitriles is 1. The number of hydrogen-bond donors (Lipinski definition) is 1. The van der Waals surface area contributed by atoms with Gasteiger partial charge in [0.25, 0.3) is 0 Å². The van der Waals surface area contributed by atoms with Crippen molar-refractivity contribution in [2.75, 3.05) is 5.73 Å². The zero-order valence-corrected chi connectivity index (χ0v) is 11.7. The quantitative estimate of drug-likeness (QED) is 0.798. The number of nitrogens with zero attached hydrogens (tertiary/aromatic N) is 1. The van der Waals surface area contributed by atoms with Crippen LogP contribution < -0.4 is 5.73 Å². The molecular weight excluding hydrogens is 339 g/mol. The third-order valence-corrected chi connectivity index (χ3v) is 5.17. The van der Waals surface area contributed by atoms with Crippen LogP contribution in [0.2, 0.25) is 0 Å². The molecule has 2 aromatic heterocycles. The zero-order chi connectivity index (χ0) is 11.0. The van der Waals surface area contributed by atoms with Crippen LogP contribution >= 0.6 is 45.3 Å².